The molecular formula is C36H53N13O10S. The van der Waals surface area contributed by atoms with Gasteiger partial charge >= 0.3 is 11.9 Å². The topological polar surface area (TPSA) is 376 Å². The van der Waals surface area contributed by atoms with Gasteiger partial charge in [0.2, 0.25) is 23.6 Å². The van der Waals surface area contributed by atoms with Crippen molar-refractivity contribution in [2.24, 2.45) is 32.2 Å². The molecule has 2 aliphatic rings. The van der Waals surface area contributed by atoms with Crippen molar-refractivity contribution >= 4 is 83.6 Å². The van der Waals surface area contributed by atoms with Gasteiger partial charge in [-0.2, -0.15) is 12.6 Å². The van der Waals surface area contributed by atoms with Crippen LogP contribution in [0.3, 0.4) is 0 Å². The van der Waals surface area contributed by atoms with E-state index >= 15 is 0 Å². The fourth-order valence-electron chi connectivity index (χ4n) is 5.81. The number of nitrogens with one attached hydrogen (secondary N) is 7. The second kappa shape index (κ2) is 24.7. The number of hydrogen-bond donors (Lipinski definition) is 13. The lowest BCUT2D eigenvalue weighted by molar-refractivity contribution is -0.142. The van der Waals surface area contributed by atoms with Crippen LogP contribution in [-0.2, 0) is 33.6 Å². The molecule has 0 saturated heterocycles. The number of unbranched alkanes of at least 4 members (excludes halogenated alkanes) is 2. The Kier molecular flexibility index (Phi) is 19.9. The molecule has 6 atom stereocenters. The van der Waals surface area contributed by atoms with Gasteiger partial charge in [-0.05, 0) is 75.8 Å². The number of fused-ring (bicyclic) bond motifs is 1. The minimum absolute atomic E-state index is 0.0105. The Bertz CT molecular complexity index is 1810. The minimum atomic E-state index is -1.46. The molecule has 2 heterocycles. The summed E-state index contributed by atoms with van der Waals surface area (Å²) in [4.78, 5) is 111. The van der Waals surface area contributed by atoms with Crippen LogP contribution in [0.1, 0.15) is 61.7 Å². The van der Waals surface area contributed by atoms with E-state index < -0.39 is 90.2 Å². The van der Waals surface area contributed by atoms with Crippen molar-refractivity contribution < 1.29 is 48.6 Å². The maximum atomic E-state index is 12.9. The van der Waals surface area contributed by atoms with E-state index in [9.17, 15) is 48.6 Å². The number of carboxylic acid groups (broad SMARTS) is 2. The molecule has 0 aromatic heterocycles. The van der Waals surface area contributed by atoms with Crippen LogP contribution in [0.5, 0.6) is 0 Å². The molecule has 23 nitrogen and oxygen atoms in total. The first-order valence-electron chi connectivity index (χ1n) is 19.2. The lowest BCUT2D eigenvalue weighted by atomic mass is 10.1. The van der Waals surface area contributed by atoms with E-state index in [1.807, 2.05) is 0 Å². The molecule has 0 spiro atoms. The summed E-state index contributed by atoms with van der Waals surface area (Å²) < 4.78 is 0. The summed E-state index contributed by atoms with van der Waals surface area (Å²) in [5.74, 6) is -6.34. The fourth-order valence-corrected chi connectivity index (χ4v) is 6.06. The highest BCUT2D eigenvalue weighted by Gasteiger charge is 2.34. The monoisotopic (exact) mass is 859 g/mol. The molecule has 0 aliphatic carbocycles. The van der Waals surface area contributed by atoms with Crippen LogP contribution in [0, 0.1) is 0 Å². The second-order valence-corrected chi connectivity index (χ2v) is 14.1. The Morgan fingerprint density at radius 2 is 1.43 bits per heavy atom. The number of nitrogens with zero attached hydrogens (tertiary/aromatic N) is 3. The number of thiol groups is 1. The summed E-state index contributed by atoms with van der Waals surface area (Å²) in [6.45, 7) is 0.404. The predicted molar refractivity (Wildman–Crippen MR) is 222 cm³/mol. The summed E-state index contributed by atoms with van der Waals surface area (Å²) in [5, 5.41) is 37.3. The number of carbonyl (C=O) groups excluding carboxylic acids is 6. The number of carboxylic acids is 2. The molecule has 328 valence electrons. The molecular weight excluding hydrogens is 807 g/mol. The zero-order valence-corrected chi connectivity index (χ0v) is 33.6. The highest BCUT2D eigenvalue weighted by atomic mass is 32.1. The van der Waals surface area contributed by atoms with Crippen LogP contribution in [0.15, 0.2) is 39.2 Å². The zero-order chi connectivity index (χ0) is 44.2. The van der Waals surface area contributed by atoms with Gasteiger partial charge in [-0.1, -0.05) is 0 Å². The minimum Gasteiger partial charge on any atom is -0.480 e. The van der Waals surface area contributed by atoms with Crippen molar-refractivity contribution in [3.8, 4) is 0 Å². The Balaban J connectivity index is 1.40. The van der Waals surface area contributed by atoms with Gasteiger partial charge in [0.05, 0.1) is 18.8 Å². The van der Waals surface area contributed by atoms with E-state index in [0.29, 0.717) is 43.6 Å². The van der Waals surface area contributed by atoms with Crippen molar-refractivity contribution in [1.82, 2.24) is 31.9 Å². The maximum Gasteiger partial charge on any atom is 0.326 e. The normalized spacial score (nSPS) is 17.5. The summed E-state index contributed by atoms with van der Waals surface area (Å²) in [6.07, 6.45) is 2.07. The molecule has 1 aromatic rings. The van der Waals surface area contributed by atoms with Crippen LogP contribution < -0.4 is 54.4 Å². The van der Waals surface area contributed by atoms with Gasteiger partial charge < -0.3 is 59.3 Å². The third kappa shape index (κ3) is 15.9. The Labute approximate surface area is 350 Å². The molecule has 3 rings (SSSR count). The van der Waals surface area contributed by atoms with Crippen molar-refractivity contribution in [2.75, 3.05) is 37.2 Å². The predicted octanol–water partition coefficient (Wildman–Crippen LogP) is -3.43. The number of rotatable bonds is 26. The number of benzene rings is 1. The Morgan fingerprint density at radius 1 is 0.783 bits per heavy atom. The van der Waals surface area contributed by atoms with E-state index in [1.54, 1.807) is 12.1 Å². The van der Waals surface area contributed by atoms with Crippen LogP contribution in [0.4, 0.5) is 5.69 Å². The van der Waals surface area contributed by atoms with E-state index in [4.69, 9.17) is 17.2 Å². The second-order valence-electron chi connectivity index (χ2n) is 13.7. The summed E-state index contributed by atoms with van der Waals surface area (Å²) >= 11 is 4.15. The van der Waals surface area contributed by atoms with Gasteiger partial charge in [0.15, 0.2) is 18.2 Å². The fraction of sp³-hybridized carbons (Fsp3) is 0.528. The van der Waals surface area contributed by atoms with E-state index in [1.165, 1.54) is 18.3 Å². The molecule has 6 amide bonds. The number of aliphatic carboxylic acids is 2. The highest BCUT2D eigenvalue weighted by molar-refractivity contribution is 7.80. The van der Waals surface area contributed by atoms with Gasteiger partial charge in [-0.3, -0.25) is 44.1 Å². The lowest BCUT2D eigenvalue weighted by Gasteiger charge is -2.25. The molecule has 6 unspecified atom stereocenters. The first kappa shape index (κ1) is 48.2. The number of hydrogen-bond acceptors (Lipinski definition) is 16. The third-order valence-electron chi connectivity index (χ3n) is 9.09. The molecule has 0 radical (unpaired) electrons. The summed E-state index contributed by atoms with van der Waals surface area (Å²) in [7, 11) is 0. The number of guanidine groups is 1. The van der Waals surface area contributed by atoms with Crippen molar-refractivity contribution in [1.29, 1.82) is 0 Å². The maximum absolute atomic E-state index is 12.9. The largest absolute Gasteiger partial charge is 0.480 e. The summed E-state index contributed by atoms with van der Waals surface area (Å²) in [6, 6.07) is 0.511. The van der Waals surface area contributed by atoms with Crippen molar-refractivity contribution in [2.45, 2.75) is 87.7 Å². The van der Waals surface area contributed by atoms with E-state index in [0.717, 1.165) is 0 Å². The molecule has 1 aromatic carbocycles. The van der Waals surface area contributed by atoms with Crippen molar-refractivity contribution in [3.63, 3.8) is 0 Å². The number of nitrogens with two attached hydrogens (primary N) is 3. The number of anilines is 1. The quantitative estimate of drug-likeness (QED) is 0.0319. The van der Waals surface area contributed by atoms with Gasteiger partial charge in [-0.15, -0.1) is 0 Å². The highest BCUT2D eigenvalue weighted by Crippen LogP contribution is 2.15. The van der Waals surface area contributed by atoms with Gasteiger partial charge in [-0.25, -0.2) is 14.6 Å². The number of amides is 6. The van der Waals surface area contributed by atoms with Crippen LogP contribution >= 0.6 is 12.6 Å². The SMILES string of the molecule is NCCCCC(NC(=O)CN)C(=O)NC(CS)C(=O)NCCCCC(NC(=O)CCC(NC(=O)c1ccc(NCC2=NC3C(=O)NC(N)=NC3N=C2)cc1)C(=O)O)C(=O)O. The molecule has 15 N–H and O–H groups in total. The summed E-state index contributed by atoms with van der Waals surface area (Å²) in [5.41, 5.74) is 17.6. The van der Waals surface area contributed by atoms with Crippen LogP contribution in [0.25, 0.3) is 0 Å². The third-order valence-corrected chi connectivity index (χ3v) is 9.46. The van der Waals surface area contributed by atoms with E-state index in [2.05, 4.69) is 64.8 Å². The molecule has 60 heavy (non-hydrogen) atoms. The van der Waals surface area contributed by atoms with E-state index in [-0.39, 0.29) is 56.2 Å². The van der Waals surface area contributed by atoms with Gasteiger partial charge in [0.1, 0.15) is 24.2 Å². The Morgan fingerprint density at radius 3 is 2.08 bits per heavy atom. The molecule has 24 heteroatoms. The smallest absolute Gasteiger partial charge is 0.326 e. The Hall–Kier alpha value is -6.14. The first-order chi connectivity index (χ1) is 28.6. The zero-order valence-electron chi connectivity index (χ0n) is 32.7. The van der Waals surface area contributed by atoms with Gasteiger partial charge in [0.25, 0.3) is 11.8 Å². The van der Waals surface area contributed by atoms with Gasteiger partial charge in [0, 0.05) is 36.2 Å². The van der Waals surface area contributed by atoms with Crippen molar-refractivity contribution in [3.05, 3.63) is 29.8 Å². The average molecular weight is 860 g/mol. The standard InChI is InChI=1S/C36H53N13O10S/c37-13-3-1-5-22(44-27(51)15-38)32(54)47-25(18-60)31(53)40-14-4-2-6-23(34(56)57)45-26(50)12-11-24(35(58)59)46-30(52)19-7-9-20(10-8-19)41-16-21-17-42-29-28(43-21)33(55)49-36(39)48-29/h7-10,17,22-25,28-29,41,60H,1-6,11-16,18,37-38H2,(H,40,53)(H,44,51)(H,45,50)(H,46,52)(H,47,54)(H,56,57)(H,58,59)(H3,39,48,49,55). The molecule has 0 fully saturated rings. The van der Waals surface area contributed by atoms with Crippen LogP contribution in [0.2, 0.25) is 0 Å². The molecule has 0 saturated carbocycles. The molecule has 0 bridgehead atoms. The number of aliphatic imine (C=N–C) groups is 3. The number of carbonyl (C=O) groups is 8. The lowest BCUT2D eigenvalue weighted by Crippen LogP contribution is -2.55. The molecule has 2 aliphatic heterocycles. The average Bonchev–Trinajstić information content (AvgIpc) is 3.22. The van der Waals surface area contributed by atoms with Crippen LogP contribution in [-0.4, -0.2) is 144 Å². The first-order valence-corrected chi connectivity index (χ1v) is 19.8.